The van der Waals surface area contributed by atoms with Gasteiger partial charge in [0.2, 0.25) is 5.16 Å². The van der Waals surface area contributed by atoms with E-state index >= 15 is 0 Å². The van der Waals surface area contributed by atoms with Gasteiger partial charge in [0, 0.05) is 11.4 Å². The Morgan fingerprint density at radius 3 is 2.52 bits per heavy atom. The Labute approximate surface area is 176 Å². The standard InChI is InChI=1S/C20H18F3N5O2S/c1-12(2)18-9-14(8-15(10-24)31(29,30)19-25-11-26-27-19)13(3)28(18)17-7-5-4-6-16(17)20(21,22)23/h4-9,11-12H,1-3H3,(H,25,26,27)/b15-8+. The van der Waals surface area contributed by atoms with E-state index in [1.807, 2.05) is 13.8 Å². The number of alkyl halides is 3. The highest BCUT2D eigenvalue weighted by atomic mass is 32.2. The van der Waals surface area contributed by atoms with E-state index in [0.717, 1.165) is 18.5 Å². The van der Waals surface area contributed by atoms with Crippen molar-refractivity contribution < 1.29 is 21.6 Å². The minimum Gasteiger partial charge on any atom is -0.317 e. The second kappa shape index (κ2) is 8.03. The van der Waals surface area contributed by atoms with Gasteiger partial charge in [0.25, 0.3) is 9.84 Å². The Balaban J connectivity index is 2.26. The molecule has 31 heavy (non-hydrogen) atoms. The predicted molar refractivity (Wildman–Crippen MR) is 107 cm³/mol. The van der Waals surface area contributed by atoms with Gasteiger partial charge in [0.1, 0.15) is 12.4 Å². The lowest BCUT2D eigenvalue weighted by atomic mass is 10.1. The monoisotopic (exact) mass is 449 g/mol. The smallest absolute Gasteiger partial charge is 0.317 e. The van der Waals surface area contributed by atoms with Crippen molar-refractivity contribution in [1.29, 1.82) is 5.26 Å². The van der Waals surface area contributed by atoms with Crippen LogP contribution in [-0.4, -0.2) is 28.2 Å². The molecule has 3 rings (SSSR count). The molecule has 7 nitrogen and oxygen atoms in total. The van der Waals surface area contributed by atoms with Crippen LogP contribution in [0.1, 0.15) is 42.3 Å². The van der Waals surface area contributed by atoms with Crippen LogP contribution in [0.2, 0.25) is 0 Å². The third kappa shape index (κ3) is 4.11. The van der Waals surface area contributed by atoms with E-state index in [2.05, 4.69) is 15.2 Å². The van der Waals surface area contributed by atoms with E-state index in [1.165, 1.54) is 22.8 Å². The fraction of sp³-hybridized carbons (Fsp3) is 0.250. The van der Waals surface area contributed by atoms with Gasteiger partial charge in [-0.1, -0.05) is 26.0 Å². The number of allylic oxidation sites excluding steroid dienone is 1. The summed E-state index contributed by atoms with van der Waals surface area (Å²) in [5, 5.41) is 14.6. The first-order chi connectivity index (χ1) is 14.5. The van der Waals surface area contributed by atoms with Crippen LogP contribution in [0, 0.1) is 18.3 Å². The topological polar surface area (TPSA) is 104 Å². The van der Waals surface area contributed by atoms with Crippen molar-refractivity contribution in [1.82, 2.24) is 19.7 Å². The Hall–Kier alpha value is -3.39. The highest BCUT2D eigenvalue weighted by molar-refractivity contribution is 7.95. The predicted octanol–water partition coefficient (Wildman–Crippen LogP) is 4.38. The van der Waals surface area contributed by atoms with E-state index in [-0.39, 0.29) is 11.6 Å². The van der Waals surface area contributed by atoms with Crippen LogP contribution < -0.4 is 0 Å². The quantitative estimate of drug-likeness (QED) is 0.582. The third-order valence-corrected chi connectivity index (χ3v) is 6.18. The maximum Gasteiger partial charge on any atom is 0.418 e. The molecular weight excluding hydrogens is 431 g/mol. The number of sulfone groups is 1. The molecule has 1 N–H and O–H groups in total. The van der Waals surface area contributed by atoms with E-state index in [1.54, 1.807) is 19.1 Å². The molecule has 0 amide bonds. The fourth-order valence-electron chi connectivity index (χ4n) is 3.19. The summed E-state index contributed by atoms with van der Waals surface area (Å²) in [6.45, 7) is 5.19. The number of para-hydroxylation sites is 1. The molecule has 0 bridgehead atoms. The summed E-state index contributed by atoms with van der Waals surface area (Å²) in [6, 6.07) is 8.36. The van der Waals surface area contributed by atoms with Gasteiger partial charge in [-0.2, -0.15) is 23.5 Å². The van der Waals surface area contributed by atoms with Gasteiger partial charge in [-0.25, -0.2) is 18.5 Å². The fourth-order valence-corrected chi connectivity index (χ4v) is 4.16. The first kappa shape index (κ1) is 22.3. The number of hydrogen-bond acceptors (Lipinski definition) is 5. The van der Waals surface area contributed by atoms with Crippen LogP contribution >= 0.6 is 0 Å². The molecule has 1 aromatic carbocycles. The molecule has 0 aliphatic rings. The van der Waals surface area contributed by atoms with Crippen molar-refractivity contribution in [3.63, 3.8) is 0 Å². The van der Waals surface area contributed by atoms with Crippen molar-refractivity contribution >= 4 is 15.9 Å². The minimum absolute atomic E-state index is 0.0764. The van der Waals surface area contributed by atoms with E-state index in [9.17, 15) is 26.9 Å². The van der Waals surface area contributed by atoms with E-state index < -0.39 is 31.6 Å². The summed E-state index contributed by atoms with van der Waals surface area (Å²) in [4.78, 5) is 2.97. The molecule has 0 saturated heterocycles. The van der Waals surface area contributed by atoms with Crippen LogP contribution in [-0.2, 0) is 16.0 Å². The van der Waals surface area contributed by atoms with Gasteiger partial charge in [-0.05, 0) is 42.7 Å². The maximum atomic E-state index is 13.6. The van der Waals surface area contributed by atoms with Crippen LogP contribution in [0.4, 0.5) is 13.2 Å². The number of nitriles is 1. The van der Waals surface area contributed by atoms with Crippen molar-refractivity contribution in [2.45, 2.75) is 38.0 Å². The largest absolute Gasteiger partial charge is 0.418 e. The van der Waals surface area contributed by atoms with Gasteiger partial charge in [0.05, 0.1) is 11.3 Å². The van der Waals surface area contributed by atoms with Crippen molar-refractivity contribution in [3.05, 3.63) is 64.1 Å². The van der Waals surface area contributed by atoms with Gasteiger partial charge in [0.15, 0.2) is 4.91 Å². The summed E-state index contributed by atoms with van der Waals surface area (Å²) in [5.41, 5.74) is 0.310. The second-order valence-corrected chi connectivity index (χ2v) is 8.86. The molecule has 2 heterocycles. The Bertz CT molecular complexity index is 1280. The molecule has 3 aromatic rings. The average Bonchev–Trinajstić information content (AvgIpc) is 3.34. The van der Waals surface area contributed by atoms with Crippen LogP contribution in [0.3, 0.4) is 0 Å². The molecule has 0 aliphatic heterocycles. The van der Waals surface area contributed by atoms with Gasteiger partial charge >= 0.3 is 6.18 Å². The molecule has 0 unspecified atom stereocenters. The summed E-state index contributed by atoms with van der Waals surface area (Å²) >= 11 is 0. The number of H-pyrrole nitrogens is 1. The second-order valence-electron chi connectivity index (χ2n) is 7.03. The normalized spacial score (nSPS) is 12.9. The Morgan fingerprint density at radius 2 is 1.97 bits per heavy atom. The van der Waals surface area contributed by atoms with E-state index in [0.29, 0.717) is 17.0 Å². The Kier molecular flexibility index (Phi) is 5.78. The molecule has 11 heteroatoms. The van der Waals surface area contributed by atoms with Crippen LogP contribution in [0.25, 0.3) is 11.8 Å². The summed E-state index contributed by atoms with van der Waals surface area (Å²) in [6.07, 6.45) is -2.45. The molecule has 0 radical (unpaired) electrons. The van der Waals surface area contributed by atoms with Gasteiger partial charge in [-0.15, -0.1) is 0 Å². The molecule has 0 atom stereocenters. The summed E-state index contributed by atoms with van der Waals surface area (Å²) in [7, 11) is -4.26. The average molecular weight is 449 g/mol. The lowest BCUT2D eigenvalue weighted by Gasteiger charge is -2.19. The number of aromatic nitrogens is 4. The SMILES string of the molecule is Cc1c(/C=C(\C#N)S(=O)(=O)c2ncn[nH]2)cc(C(C)C)n1-c1ccccc1C(F)(F)F. The summed E-state index contributed by atoms with van der Waals surface area (Å²) < 4.78 is 67.6. The lowest BCUT2D eigenvalue weighted by Crippen LogP contribution is -2.13. The minimum atomic E-state index is -4.58. The highest BCUT2D eigenvalue weighted by Gasteiger charge is 2.35. The first-order valence-corrected chi connectivity index (χ1v) is 10.6. The Morgan fingerprint density at radius 1 is 1.29 bits per heavy atom. The third-order valence-electron chi connectivity index (χ3n) is 4.69. The lowest BCUT2D eigenvalue weighted by molar-refractivity contribution is -0.137. The van der Waals surface area contributed by atoms with Crippen molar-refractivity contribution in [3.8, 4) is 11.8 Å². The van der Waals surface area contributed by atoms with Crippen molar-refractivity contribution in [2.24, 2.45) is 0 Å². The zero-order valence-electron chi connectivity index (χ0n) is 16.8. The zero-order valence-corrected chi connectivity index (χ0v) is 17.6. The molecule has 0 saturated carbocycles. The highest BCUT2D eigenvalue weighted by Crippen LogP contribution is 2.37. The molecular formula is C20H18F3N5O2S. The number of benzene rings is 1. The summed E-state index contributed by atoms with van der Waals surface area (Å²) in [5.74, 6) is -0.182. The molecule has 0 spiro atoms. The number of halogens is 3. The maximum absolute atomic E-state index is 13.6. The number of nitrogens with one attached hydrogen (secondary N) is 1. The number of hydrogen-bond donors (Lipinski definition) is 1. The van der Waals surface area contributed by atoms with Crippen LogP contribution in [0.15, 0.2) is 46.7 Å². The molecule has 162 valence electrons. The van der Waals surface area contributed by atoms with Gasteiger partial charge in [-0.3, -0.25) is 0 Å². The van der Waals surface area contributed by atoms with E-state index in [4.69, 9.17) is 0 Å². The number of rotatable bonds is 5. The number of aromatic amines is 1. The van der Waals surface area contributed by atoms with Crippen LogP contribution in [0.5, 0.6) is 0 Å². The van der Waals surface area contributed by atoms with Crippen molar-refractivity contribution in [2.75, 3.05) is 0 Å². The zero-order chi connectivity index (χ0) is 23.0. The molecule has 0 fully saturated rings. The van der Waals surface area contributed by atoms with Gasteiger partial charge < -0.3 is 4.57 Å². The first-order valence-electron chi connectivity index (χ1n) is 9.09. The number of nitrogens with zero attached hydrogens (tertiary/aromatic N) is 4. The molecule has 0 aliphatic carbocycles. The molecule has 2 aromatic heterocycles.